The summed E-state index contributed by atoms with van der Waals surface area (Å²) < 4.78 is 5.43. The minimum absolute atomic E-state index is 0.00863. The predicted octanol–water partition coefficient (Wildman–Crippen LogP) is 2.96. The molecule has 4 nitrogen and oxygen atoms in total. The molecule has 2 aliphatic rings. The first-order valence-corrected chi connectivity index (χ1v) is 8.80. The van der Waals surface area contributed by atoms with Crippen molar-refractivity contribution in [3.05, 3.63) is 71.8 Å². The number of hydrogen-bond donors (Lipinski definition) is 0. The quantitative estimate of drug-likeness (QED) is 0.623. The first kappa shape index (κ1) is 15.9. The second-order valence-electron chi connectivity index (χ2n) is 6.80. The van der Waals surface area contributed by atoms with Crippen molar-refractivity contribution in [2.75, 3.05) is 0 Å². The van der Waals surface area contributed by atoms with E-state index in [-0.39, 0.29) is 30.4 Å². The van der Waals surface area contributed by atoms with Crippen molar-refractivity contribution >= 4 is 11.9 Å². The molecular formula is C21H21NO3. The molecule has 2 heterocycles. The Morgan fingerprint density at radius 2 is 1.60 bits per heavy atom. The third-order valence-electron chi connectivity index (χ3n) is 5.26. The summed E-state index contributed by atoms with van der Waals surface area (Å²) in [4.78, 5) is 26.7. The second kappa shape index (κ2) is 6.71. The van der Waals surface area contributed by atoms with Crippen molar-refractivity contribution in [3.8, 4) is 0 Å². The van der Waals surface area contributed by atoms with Gasteiger partial charge in [0.1, 0.15) is 12.6 Å². The van der Waals surface area contributed by atoms with Gasteiger partial charge in [0.25, 0.3) is 0 Å². The Bertz CT molecular complexity index is 751. The van der Waals surface area contributed by atoms with Crippen LogP contribution in [-0.2, 0) is 27.4 Å². The summed E-state index contributed by atoms with van der Waals surface area (Å²) in [5.74, 6) is -0.180. The van der Waals surface area contributed by atoms with Gasteiger partial charge in [0, 0.05) is 6.04 Å². The zero-order chi connectivity index (χ0) is 17.2. The zero-order valence-corrected chi connectivity index (χ0v) is 14.0. The number of amides is 1. The normalized spacial score (nSPS) is 24.6. The van der Waals surface area contributed by atoms with Crippen LogP contribution in [-0.4, -0.2) is 28.9 Å². The third kappa shape index (κ3) is 3.04. The van der Waals surface area contributed by atoms with Crippen LogP contribution in [0, 0.1) is 5.92 Å². The topological polar surface area (TPSA) is 46.6 Å². The van der Waals surface area contributed by atoms with Crippen molar-refractivity contribution in [2.24, 2.45) is 5.92 Å². The molecule has 2 unspecified atom stereocenters. The van der Waals surface area contributed by atoms with Crippen molar-refractivity contribution in [2.45, 2.75) is 38.0 Å². The van der Waals surface area contributed by atoms with E-state index in [1.54, 1.807) is 4.90 Å². The van der Waals surface area contributed by atoms with Gasteiger partial charge in [-0.25, -0.2) is 4.79 Å². The Hall–Kier alpha value is -2.62. The number of fused-ring (bicyclic) bond motifs is 1. The van der Waals surface area contributed by atoms with E-state index in [9.17, 15) is 9.59 Å². The number of carbonyl (C=O) groups is 2. The number of esters is 1. The van der Waals surface area contributed by atoms with Gasteiger partial charge < -0.3 is 9.64 Å². The molecule has 25 heavy (non-hydrogen) atoms. The Morgan fingerprint density at radius 1 is 0.960 bits per heavy atom. The lowest BCUT2D eigenvalue weighted by Gasteiger charge is -2.45. The molecule has 3 atom stereocenters. The molecule has 4 heteroatoms. The van der Waals surface area contributed by atoms with Crippen molar-refractivity contribution in [3.63, 3.8) is 0 Å². The SMILES string of the molecule is O=C(OCc1ccccc1)[C@H]1CCC2C(Cc3ccccc3)C(=O)N21. The fourth-order valence-corrected chi connectivity index (χ4v) is 3.97. The monoisotopic (exact) mass is 335 g/mol. The summed E-state index contributed by atoms with van der Waals surface area (Å²) in [7, 11) is 0. The van der Waals surface area contributed by atoms with Crippen molar-refractivity contribution < 1.29 is 14.3 Å². The lowest BCUT2D eigenvalue weighted by Crippen LogP contribution is -2.62. The van der Waals surface area contributed by atoms with Crippen LogP contribution in [0.5, 0.6) is 0 Å². The van der Waals surface area contributed by atoms with E-state index in [1.807, 2.05) is 48.5 Å². The maximum absolute atomic E-state index is 12.6. The van der Waals surface area contributed by atoms with Gasteiger partial charge in [0.05, 0.1) is 5.92 Å². The van der Waals surface area contributed by atoms with Gasteiger partial charge in [-0.05, 0) is 30.4 Å². The highest BCUT2D eigenvalue weighted by atomic mass is 16.5. The van der Waals surface area contributed by atoms with Gasteiger partial charge in [-0.3, -0.25) is 4.79 Å². The molecule has 0 saturated carbocycles. The van der Waals surface area contributed by atoms with Gasteiger partial charge >= 0.3 is 5.97 Å². The average molecular weight is 335 g/mol. The van der Waals surface area contributed by atoms with Crippen LogP contribution < -0.4 is 0 Å². The maximum atomic E-state index is 12.6. The molecule has 0 bridgehead atoms. The van der Waals surface area contributed by atoms with Crippen LogP contribution in [0.1, 0.15) is 24.0 Å². The van der Waals surface area contributed by atoms with E-state index in [4.69, 9.17) is 4.74 Å². The molecule has 2 saturated heterocycles. The molecule has 128 valence electrons. The molecule has 4 rings (SSSR count). The summed E-state index contributed by atoms with van der Waals surface area (Å²) in [6, 6.07) is 19.5. The van der Waals surface area contributed by atoms with E-state index >= 15 is 0 Å². The summed E-state index contributed by atoms with van der Waals surface area (Å²) in [6.45, 7) is 0.260. The van der Waals surface area contributed by atoms with Gasteiger partial charge in [0.15, 0.2) is 0 Å². The van der Waals surface area contributed by atoms with Crippen LogP contribution >= 0.6 is 0 Å². The molecule has 0 aromatic heterocycles. The summed E-state index contributed by atoms with van der Waals surface area (Å²) >= 11 is 0. The third-order valence-corrected chi connectivity index (χ3v) is 5.26. The van der Waals surface area contributed by atoms with Crippen LogP contribution in [0.4, 0.5) is 0 Å². The molecule has 1 amide bonds. The fourth-order valence-electron chi connectivity index (χ4n) is 3.97. The number of rotatable bonds is 5. The summed E-state index contributed by atoms with van der Waals surface area (Å²) in [6.07, 6.45) is 2.34. The average Bonchev–Trinajstić information content (AvgIpc) is 3.06. The highest BCUT2D eigenvalue weighted by Crippen LogP contribution is 2.41. The highest BCUT2D eigenvalue weighted by molar-refractivity contribution is 5.92. The number of hydrogen-bond acceptors (Lipinski definition) is 3. The molecule has 2 aromatic carbocycles. The molecule has 2 fully saturated rings. The largest absolute Gasteiger partial charge is 0.459 e. The molecule has 2 aromatic rings. The predicted molar refractivity (Wildman–Crippen MR) is 93.5 cm³/mol. The second-order valence-corrected chi connectivity index (χ2v) is 6.80. The van der Waals surface area contributed by atoms with Crippen LogP contribution in [0.2, 0.25) is 0 Å². The standard InChI is InChI=1S/C21H21NO3/c23-20-17(13-15-7-3-1-4-8-15)18-11-12-19(22(18)20)21(24)25-14-16-9-5-2-6-10-16/h1-10,17-19H,11-14H2/t17?,18?,19-/m1/s1. The number of β-lactam (4-membered cyclic amide) rings is 1. The lowest BCUT2D eigenvalue weighted by molar-refractivity contribution is -0.167. The Balaban J connectivity index is 1.35. The Kier molecular flexibility index (Phi) is 4.26. The summed E-state index contributed by atoms with van der Waals surface area (Å²) in [5, 5.41) is 0. The maximum Gasteiger partial charge on any atom is 0.329 e. The minimum Gasteiger partial charge on any atom is -0.459 e. The highest BCUT2D eigenvalue weighted by Gasteiger charge is 2.55. The molecule has 0 radical (unpaired) electrons. The molecule has 0 N–H and O–H groups in total. The lowest BCUT2D eigenvalue weighted by atomic mass is 9.83. The fraction of sp³-hybridized carbons (Fsp3) is 0.333. The van der Waals surface area contributed by atoms with Gasteiger partial charge in [0.2, 0.25) is 5.91 Å². The van der Waals surface area contributed by atoms with E-state index in [0.29, 0.717) is 6.42 Å². The zero-order valence-electron chi connectivity index (χ0n) is 14.0. The van der Waals surface area contributed by atoms with Crippen molar-refractivity contribution in [1.29, 1.82) is 0 Å². The first-order chi connectivity index (χ1) is 12.2. The number of nitrogens with zero attached hydrogens (tertiary/aromatic N) is 1. The van der Waals surface area contributed by atoms with Gasteiger partial charge in [-0.15, -0.1) is 0 Å². The minimum atomic E-state index is -0.409. The van der Waals surface area contributed by atoms with Gasteiger partial charge in [-0.1, -0.05) is 60.7 Å². The van der Waals surface area contributed by atoms with Crippen LogP contribution in [0.25, 0.3) is 0 Å². The van der Waals surface area contributed by atoms with Crippen LogP contribution in [0.15, 0.2) is 60.7 Å². The Morgan fingerprint density at radius 3 is 2.28 bits per heavy atom. The van der Waals surface area contributed by atoms with E-state index in [1.165, 1.54) is 5.56 Å². The first-order valence-electron chi connectivity index (χ1n) is 8.80. The number of benzene rings is 2. The van der Waals surface area contributed by atoms with E-state index in [0.717, 1.165) is 18.4 Å². The van der Waals surface area contributed by atoms with E-state index < -0.39 is 6.04 Å². The molecule has 2 aliphatic heterocycles. The van der Waals surface area contributed by atoms with Crippen LogP contribution in [0.3, 0.4) is 0 Å². The smallest absolute Gasteiger partial charge is 0.329 e. The van der Waals surface area contributed by atoms with E-state index in [2.05, 4.69) is 12.1 Å². The van der Waals surface area contributed by atoms with Gasteiger partial charge in [-0.2, -0.15) is 0 Å². The molecule has 0 aliphatic carbocycles. The summed E-state index contributed by atoms with van der Waals surface area (Å²) in [5.41, 5.74) is 2.14. The Labute approximate surface area is 147 Å². The molecular weight excluding hydrogens is 314 g/mol. The number of carbonyl (C=O) groups excluding carboxylic acids is 2. The number of ether oxygens (including phenoxy) is 1. The molecule has 0 spiro atoms. The van der Waals surface area contributed by atoms with Crippen molar-refractivity contribution in [1.82, 2.24) is 4.90 Å².